The van der Waals surface area contributed by atoms with Crippen molar-refractivity contribution in [3.8, 4) is 11.6 Å². The van der Waals surface area contributed by atoms with Gasteiger partial charge in [-0.1, -0.05) is 35.0 Å². The summed E-state index contributed by atoms with van der Waals surface area (Å²) in [7, 11) is 0. The quantitative estimate of drug-likeness (QED) is 0.544. The summed E-state index contributed by atoms with van der Waals surface area (Å²) in [5.41, 5.74) is 4.30. The predicted octanol–water partition coefficient (Wildman–Crippen LogP) is 2.75. The first-order chi connectivity index (χ1) is 13.9. The van der Waals surface area contributed by atoms with Crippen molar-refractivity contribution in [1.82, 2.24) is 24.1 Å². The summed E-state index contributed by atoms with van der Waals surface area (Å²) < 4.78 is 9.64. The van der Waals surface area contributed by atoms with E-state index in [0.29, 0.717) is 25.2 Å². The van der Waals surface area contributed by atoms with Gasteiger partial charge in [-0.15, -0.1) is 0 Å². The van der Waals surface area contributed by atoms with E-state index in [-0.39, 0.29) is 11.6 Å². The van der Waals surface area contributed by atoms with Gasteiger partial charge in [-0.2, -0.15) is 5.10 Å². The van der Waals surface area contributed by atoms with Gasteiger partial charge in [0.05, 0.1) is 30.3 Å². The molecule has 0 bridgehead atoms. The van der Waals surface area contributed by atoms with Gasteiger partial charge in [-0.05, 0) is 32.8 Å². The van der Waals surface area contributed by atoms with Gasteiger partial charge in [0.15, 0.2) is 0 Å². The van der Waals surface area contributed by atoms with Gasteiger partial charge in [-0.3, -0.25) is 9.25 Å². The van der Waals surface area contributed by atoms with E-state index >= 15 is 0 Å². The number of aromatic hydroxyl groups is 1. The minimum absolute atomic E-state index is 0.115. The SMILES string of the molecule is Cc1ccc(CCn2cc(O)n(-c3cnn(Cc4c(C)noc4C)c3)c2=O)cc1. The van der Waals surface area contributed by atoms with Crippen LogP contribution < -0.4 is 5.69 Å². The highest BCUT2D eigenvalue weighted by molar-refractivity contribution is 5.32. The minimum Gasteiger partial charge on any atom is -0.493 e. The van der Waals surface area contributed by atoms with Gasteiger partial charge in [0, 0.05) is 18.3 Å². The molecule has 3 heterocycles. The highest BCUT2D eigenvalue weighted by atomic mass is 16.5. The monoisotopic (exact) mass is 393 g/mol. The fourth-order valence-electron chi connectivity index (χ4n) is 3.33. The van der Waals surface area contributed by atoms with Crippen molar-refractivity contribution in [2.24, 2.45) is 0 Å². The van der Waals surface area contributed by atoms with Crippen molar-refractivity contribution in [1.29, 1.82) is 0 Å². The van der Waals surface area contributed by atoms with Crippen LogP contribution in [0.5, 0.6) is 5.88 Å². The van der Waals surface area contributed by atoms with Crippen LogP contribution in [0.25, 0.3) is 5.69 Å². The molecule has 3 aromatic heterocycles. The number of hydrogen-bond donors (Lipinski definition) is 1. The maximum Gasteiger partial charge on any atom is 0.335 e. The van der Waals surface area contributed by atoms with Crippen molar-refractivity contribution in [2.75, 3.05) is 0 Å². The van der Waals surface area contributed by atoms with E-state index in [2.05, 4.69) is 22.4 Å². The van der Waals surface area contributed by atoms with Gasteiger partial charge in [-0.25, -0.2) is 9.36 Å². The third-order valence-corrected chi connectivity index (χ3v) is 5.08. The Labute approximate surface area is 167 Å². The fourth-order valence-corrected chi connectivity index (χ4v) is 3.33. The molecule has 0 aliphatic rings. The summed E-state index contributed by atoms with van der Waals surface area (Å²) in [5, 5.41) is 18.6. The molecule has 150 valence electrons. The van der Waals surface area contributed by atoms with Gasteiger partial charge in [0.1, 0.15) is 5.76 Å². The molecule has 0 atom stereocenters. The first-order valence-electron chi connectivity index (χ1n) is 9.43. The first kappa shape index (κ1) is 18.8. The van der Waals surface area contributed by atoms with Crippen molar-refractivity contribution >= 4 is 0 Å². The molecule has 0 aliphatic heterocycles. The van der Waals surface area contributed by atoms with Crippen LogP contribution in [0.1, 0.15) is 28.1 Å². The van der Waals surface area contributed by atoms with Gasteiger partial charge in [0.25, 0.3) is 0 Å². The van der Waals surface area contributed by atoms with Crippen molar-refractivity contribution in [3.63, 3.8) is 0 Å². The molecule has 0 unspecified atom stereocenters. The molecule has 4 aromatic rings. The largest absolute Gasteiger partial charge is 0.493 e. The van der Waals surface area contributed by atoms with Crippen molar-refractivity contribution in [2.45, 2.75) is 40.3 Å². The van der Waals surface area contributed by atoms with Crippen LogP contribution in [0.3, 0.4) is 0 Å². The highest BCUT2D eigenvalue weighted by Gasteiger charge is 2.15. The standard InChI is InChI=1S/C21H23N5O3/c1-14-4-6-17(7-5-14)8-9-24-13-20(27)26(21(24)28)18-10-22-25(11-18)12-19-15(2)23-29-16(19)3/h4-7,10-11,13,27H,8-9,12H2,1-3H3. The second-order valence-corrected chi connectivity index (χ2v) is 7.23. The van der Waals surface area contributed by atoms with Gasteiger partial charge in [0.2, 0.25) is 5.88 Å². The summed E-state index contributed by atoms with van der Waals surface area (Å²) in [5.74, 6) is 0.623. The Bertz CT molecular complexity index is 1170. The van der Waals surface area contributed by atoms with E-state index < -0.39 is 0 Å². The molecule has 8 nitrogen and oxygen atoms in total. The van der Waals surface area contributed by atoms with Crippen LogP contribution in [0, 0.1) is 20.8 Å². The van der Waals surface area contributed by atoms with Crippen LogP contribution in [0.15, 0.2) is 52.2 Å². The molecule has 0 saturated heterocycles. The molecule has 0 amide bonds. The van der Waals surface area contributed by atoms with Crippen LogP contribution in [-0.2, 0) is 19.5 Å². The van der Waals surface area contributed by atoms with Gasteiger partial charge >= 0.3 is 5.69 Å². The molecule has 1 aromatic carbocycles. The summed E-state index contributed by atoms with van der Waals surface area (Å²) in [4.78, 5) is 12.8. The van der Waals surface area contributed by atoms with E-state index in [0.717, 1.165) is 22.6 Å². The molecular weight excluding hydrogens is 370 g/mol. The molecule has 0 fully saturated rings. The zero-order valence-electron chi connectivity index (χ0n) is 16.7. The molecule has 1 N–H and O–H groups in total. The summed E-state index contributed by atoms with van der Waals surface area (Å²) in [6.45, 7) is 6.73. The number of aryl methyl sites for hydroxylation is 5. The Kier molecular flexibility index (Phi) is 4.84. The number of hydrogen-bond acceptors (Lipinski definition) is 5. The van der Waals surface area contributed by atoms with E-state index in [9.17, 15) is 9.90 Å². The molecule has 8 heteroatoms. The molecule has 4 rings (SSSR count). The first-order valence-corrected chi connectivity index (χ1v) is 9.43. The van der Waals surface area contributed by atoms with E-state index in [1.165, 1.54) is 20.9 Å². The lowest BCUT2D eigenvalue weighted by atomic mass is 10.1. The van der Waals surface area contributed by atoms with Crippen molar-refractivity contribution in [3.05, 3.63) is 81.5 Å². The maximum atomic E-state index is 12.8. The van der Waals surface area contributed by atoms with Gasteiger partial charge < -0.3 is 9.63 Å². The van der Waals surface area contributed by atoms with Crippen LogP contribution >= 0.6 is 0 Å². The second kappa shape index (κ2) is 7.46. The number of aromatic nitrogens is 5. The average molecular weight is 393 g/mol. The summed E-state index contributed by atoms with van der Waals surface area (Å²) in [6, 6.07) is 8.20. The fraction of sp³-hybridized carbons (Fsp3) is 0.286. The zero-order chi connectivity index (χ0) is 20.5. The number of imidazole rings is 1. The number of nitrogens with zero attached hydrogens (tertiary/aromatic N) is 5. The second-order valence-electron chi connectivity index (χ2n) is 7.23. The third kappa shape index (κ3) is 3.73. The number of rotatable bonds is 6. The Balaban J connectivity index is 1.54. The van der Waals surface area contributed by atoms with Crippen LogP contribution in [-0.4, -0.2) is 29.2 Å². The normalized spacial score (nSPS) is 11.3. The van der Waals surface area contributed by atoms with Crippen LogP contribution in [0.4, 0.5) is 0 Å². The molecule has 29 heavy (non-hydrogen) atoms. The highest BCUT2D eigenvalue weighted by Crippen LogP contribution is 2.17. The topological polar surface area (TPSA) is 91.0 Å². The maximum absolute atomic E-state index is 12.8. The Morgan fingerprint density at radius 3 is 2.55 bits per heavy atom. The van der Waals surface area contributed by atoms with E-state index in [4.69, 9.17) is 4.52 Å². The predicted molar refractivity (Wildman–Crippen MR) is 107 cm³/mol. The Morgan fingerprint density at radius 2 is 1.86 bits per heavy atom. The zero-order valence-corrected chi connectivity index (χ0v) is 16.7. The molecule has 0 aliphatic carbocycles. The van der Waals surface area contributed by atoms with E-state index in [1.807, 2.05) is 32.9 Å². The lowest BCUT2D eigenvalue weighted by Crippen LogP contribution is -2.23. The molecular formula is C21H23N5O3. The Morgan fingerprint density at radius 1 is 1.10 bits per heavy atom. The third-order valence-electron chi connectivity index (χ3n) is 5.08. The molecule has 0 saturated carbocycles. The Hall–Kier alpha value is -3.55. The number of benzene rings is 1. The van der Waals surface area contributed by atoms with E-state index in [1.54, 1.807) is 17.1 Å². The lowest BCUT2D eigenvalue weighted by molar-refractivity contribution is 0.391. The molecule has 0 spiro atoms. The summed E-state index contributed by atoms with van der Waals surface area (Å²) in [6.07, 6.45) is 5.44. The van der Waals surface area contributed by atoms with Crippen LogP contribution in [0.2, 0.25) is 0 Å². The lowest BCUT2D eigenvalue weighted by Gasteiger charge is -2.03. The van der Waals surface area contributed by atoms with Crippen molar-refractivity contribution < 1.29 is 9.63 Å². The summed E-state index contributed by atoms with van der Waals surface area (Å²) >= 11 is 0. The smallest absolute Gasteiger partial charge is 0.335 e. The molecule has 0 radical (unpaired) electrons. The average Bonchev–Trinajstić information content (AvgIpc) is 3.36. The minimum atomic E-state index is -0.300.